The molecular formula is C35H46F3N7O2. The van der Waals surface area contributed by atoms with E-state index >= 15 is 0 Å². The smallest absolute Gasteiger partial charge is 0.405 e. The van der Waals surface area contributed by atoms with Gasteiger partial charge in [0.25, 0.3) is 0 Å². The first-order valence-electron chi connectivity index (χ1n) is 17.4. The fourth-order valence-electron chi connectivity index (χ4n) is 10.1. The summed E-state index contributed by atoms with van der Waals surface area (Å²) in [5.41, 5.74) is 0.829. The van der Waals surface area contributed by atoms with Gasteiger partial charge in [0.1, 0.15) is 23.2 Å². The molecular weight excluding hydrogens is 607 g/mol. The molecule has 2 heterocycles. The van der Waals surface area contributed by atoms with Gasteiger partial charge < -0.3 is 25.8 Å². The zero-order valence-electron chi connectivity index (χ0n) is 26.8. The minimum Gasteiger partial charge on any atom is -0.405 e. The number of hydrogen-bond donors (Lipinski definition) is 4. The van der Waals surface area contributed by atoms with Crippen LogP contribution >= 0.6 is 0 Å². The van der Waals surface area contributed by atoms with Gasteiger partial charge in [-0.15, -0.1) is 13.2 Å². The van der Waals surface area contributed by atoms with Crippen LogP contribution in [0.5, 0.6) is 5.75 Å². The fraction of sp³-hybridized carbons (Fsp3) is 0.686. The van der Waals surface area contributed by atoms with Crippen molar-refractivity contribution >= 4 is 11.8 Å². The Morgan fingerprint density at radius 3 is 2.53 bits per heavy atom. The van der Waals surface area contributed by atoms with Gasteiger partial charge in [-0.25, -0.2) is 4.98 Å². The van der Waals surface area contributed by atoms with Crippen LogP contribution in [0.25, 0.3) is 0 Å². The lowest BCUT2D eigenvalue weighted by atomic mass is 9.47. The molecule has 4 N–H and O–H groups in total. The molecule has 5 aliphatic carbocycles. The molecule has 6 fully saturated rings. The highest BCUT2D eigenvalue weighted by Crippen LogP contribution is 2.60. The van der Waals surface area contributed by atoms with Gasteiger partial charge in [0.2, 0.25) is 5.95 Å². The molecule has 254 valence electrons. The Labute approximate surface area is 274 Å². The van der Waals surface area contributed by atoms with Crippen molar-refractivity contribution in [2.24, 2.45) is 23.2 Å². The van der Waals surface area contributed by atoms with Crippen molar-refractivity contribution in [3.8, 4) is 11.8 Å². The average molecular weight is 654 g/mol. The third kappa shape index (κ3) is 7.18. The number of para-hydroxylation sites is 1. The van der Waals surface area contributed by atoms with Gasteiger partial charge in [0.05, 0.1) is 12.8 Å². The second-order valence-corrected chi connectivity index (χ2v) is 14.8. The molecule has 1 aliphatic heterocycles. The first kappa shape index (κ1) is 32.4. The van der Waals surface area contributed by atoms with Crippen LogP contribution in [-0.4, -0.2) is 70.2 Å². The van der Waals surface area contributed by atoms with Crippen molar-refractivity contribution in [2.45, 2.75) is 108 Å². The molecule has 0 amide bonds. The number of aliphatic hydroxyl groups is 1. The minimum atomic E-state index is -4.79. The number of benzene rings is 1. The number of anilines is 2. The first-order valence-corrected chi connectivity index (χ1v) is 17.4. The topological polar surface area (TPSA) is 118 Å². The molecule has 6 aliphatic rings. The SMILES string of the molecule is N#Cc1cnc(NCc2ccccc2OC(F)(F)F)nc1NCC12CC3C[C@H](C1)C(NC1CCC(N4CCC[C@@H]4CO)CC1)[C@@H](C3)C2. The highest BCUT2D eigenvalue weighted by atomic mass is 19.4. The third-order valence-corrected chi connectivity index (χ3v) is 11.8. The summed E-state index contributed by atoms with van der Waals surface area (Å²) in [5.74, 6) is 2.47. The third-order valence-electron chi connectivity index (χ3n) is 11.8. The lowest BCUT2D eigenvalue weighted by Gasteiger charge is -2.61. The molecule has 0 spiro atoms. The van der Waals surface area contributed by atoms with Crippen LogP contribution in [0.3, 0.4) is 0 Å². The van der Waals surface area contributed by atoms with Crippen LogP contribution in [0, 0.1) is 34.5 Å². The van der Waals surface area contributed by atoms with E-state index in [4.69, 9.17) is 0 Å². The lowest BCUT2D eigenvalue weighted by molar-refractivity contribution is -0.274. The Morgan fingerprint density at radius 2 is 1.81 bits per heavy atom. The molecule has 4 bridgehead atoms. The zero-order valence-corrected chi connectivity index (χ0v) is 26.8. The van der Waals surface area contributed by atoms with Crippen molar-refractivity contribution in [3.63, 3.8) is 0 Å². The minimum absolute atomic E-state index is 0.0318. The zero-order chi connectivity index (χ0) is 32.6. The Balaban J connectivity index is 0.953. The summed E-state index contributed by atoms with van der Waals surface area (Å²) in [6.07, 6.45) is 9.99. The number of nitrogens with one attached hydrogen (secondary N) is 3. The van der Waals surface area contributed by atoms with Crippen LogP contribution in [0.4, 0.5) is 24.9 Å². The Bertz CT molecular complexity index is 1430. The Kier molecular flexibility index (Phi) is 9.24. The summed E-state index contributed by atoms with van der Waals surface area (Å²) in [6, 6.07) is 10.3. The summed E-state index contributed by atoms with van der Waals surface area (Å²) in [4.78, 5) is 11.4. The predicted octanol–water partition coefficient (Wildman–Crippen LogP) is 5.82. The largest absolute Gasteiger partial charge is 0.573 e. The van der Waals surface area contributed by atoms with E-state index in [-0.39, 0.29) is 30.3 Å². The Morgan fingerprint density at radius 1 is 1.04 bits per heavy atom. The summed E-state index contributed by atoms with van der Waals surface area (Å²) in [7, 11) is 0. The highest BCUT2D eigenvalue weighted by molar-refractivity contribution is 5.53. The number of nitriles is 1. The molecule has 47 heavy (non-hydrogen) atoms. The maximum atomic E-state index is 12.9. The summed E-state index contributed by atoms with van der Waals surface area (Å²) in [5, 5.41) is 30.3. The monoisotopic (exact) mass is 653 g/mol. The van der Waals surface area contributed by atoms with Crippen LogP contribution in [0.15, 0.2) is 30.5 Å². The number of likely N-dealkylation sites (tertiary alicyclic amines) is 1. The van der Waals surface area contributed by atoms with Crippen LogP contribution in [0.2, 0.25) is 0 Å². The van der Waals surface area contributed by atoms with Gasteiger partial charge in [0.15, 0.2) is 0 Å². The maximum Gasteiger partial charge on any atom is 0.573 e. The van der Waals surface area contributed by atoms with E-state index in [9.17, 15) is 23.5 Å². The number of nitrogens with zero attached hydrogens (tertiary/aromatic N) is 4. The number of aliphatic hydroxyl groups excluding tert-OH is 1. The molecule has 1 aromatic carbocycles. The molecule has 3 unspecified atom stereocenters. The second kappa shape index (κ2) is 13.4. The Hall–Kier alpha value is -3.14. The number of ether oxygens (including phenoxy) is 1. The van der Waals surface area contributed by atoms with Gasteiger partial charge in [-0.1, -0.05) is 18.2 Å². The maximum absolute atomic E-state index is 12.9. The first-order chi connectivity index (χ1) is 22.7. The van der Waals surface area contributed by atoms with E-state index in [1.54, 1.807) is 12.1 Å². The molecule has 2 aromatic rings. The van der Waals surface area contributed by atoms with Crippen molar-refractivity contribution in [1.29, 1.82) is 5.26 Å². The number of hydrogen-bond acceptors (Lipinski definition) is 9. The molecule has 1 saturated heterocycles. The van der Waals surface area contributed by atoms with Crippen molar-refractivity contribution in [2.75, 3.05) is 30.3 Å². The van der Waals surface area contributed by atoms with E-state index in [0.29, 0.717) is 52.9 Å². The predicted molar refractivity (Wildman–Crippen MR) is 171 cm³/mol. The number of alkyl halides is 3. The molecule has 1 aromatic heterocycles. The molecule has 0 radical (unpaired) electrons. The average Bonchev–Trinajstić information content (AvgIpc) is 3.54. The van der Waals surface area contributed by atoms with Crippen LogP contribution in [0.1, 0.15) is 81.8 Å². The number of aromatic nitrogens is 2. The van der Waals surface area contributed by atoms with Gasteiger partial charge in [-0.2, -0.15) is 10.2 Å². The number of rotatable bonds is 11. The van der Waals surface area contributed by atoms with E-state index in [2.05, 4.69) is 41.6 Å². The van der Waals surface area contributed by atoms with Crippen molar-refractivity contribution < 1.29 is 23.0 Å². The van der Waals surface area contributed by atoms with Gasteiger partial charge in [-0.05, 0) is 106 Å². The second-order valence-electron chi connectivity index (χ2n) is 14.8. The van der Waals surface area contributed by atoms with Gasteiger partial charge in [-0.3, -0.25) is 4.90 Å². The van der Waals surface area contributed by atoms with Crippen LogP contribution in [-0.2, 0) is 6.54 Å². The summed E-state index contributed by atoms with van der Waals surface area (Å²) in [6.45, 7) is 2.19. The number of halogens is 3. The van der Waals surface area contributed by atoms with Crippen LogP contribution < -0.4 is 20.7 Å². The molecule has 6 atom stereocenters. The summed E-state index contributed by atoms with van der Waals surface area (Å²) < 4.78 is 42.8. The van der Waals surface area contributed by atoms with Gasteiger partial charge >= 0.3 is 6.36 Å². The molecule has 8 rings (SSSR count). The standard InChI is InChI=1S/C35H46F3N7O2/c36-35(37,38)47-30-6-2-1-4-23(30)18-40-33-41-19-26(17-39)32(44-33)42-21-34-14-22-12-24(15-34)31(25(13-22)16-34)43-27-7-9-28(10-8-27)45-11-3-5-29(45)20-46/h1-2,4,6,19,22,24-25,27-29,31,43,46H,3,5,7-16,18,20-21H2,(H2,40,41,42,44)/t22?,24-,25+,27?,28?,29-,31?,34?/m1/s1. The van der Waals surface area contributed by atoms with E-state index in [1.165, 1.54) is 82.5 Å². The molecule has 12 heteroatoms. The van der Waals surface area contributed by atoms with Crippen molar-refractivity contribution in [3.05, 3.63) is 41.6 Å². The summed E-state index contributed by atoms with van der Waals surface area (Å²) >= 11 is 0. The van der Waals surface area contributed by atoms with E-state index in [0.717, 1.165) is 25.4 Å². The normalized spacial score (nSPS) is 33.5. The highest BCUT2D eigenvalue weighted by Gasteiger charge is 2.55. The molecule has 9 nitrogen and oxygen atoms in total. The van der Waals surface area contributed by atoms with E-state index in [1.807, 2.05) is 0 Å². The van der Waals surface area contributed by atoms with Gasteiger partial charge in [0, 0.05) is 42.8 Å². The lowest BCUT2D eigenvalue weighted by Crippen LogP contribution is -2.61. The van der Waals surface area contributed by atoms with E-state index < -0.39 is 6.36 Å². The molecule has 5 saturated carbocycles. The quantitative estimate of drug-likeness (QED) is 0.238. The van der Waals surface area contributed by atoms with Crippen molar-refractivity contribution in [1.82, 2.24) is 20.2 Å². The fourth-order valence-corrected chi connectivity index (χ4v) is 10.1.